The van der Waals surface area contributed by atoms with Gasteiger partial charge >= 0.3 is 0 Å². The van der Waals surface area contributed by atoms with Gasteiger partial charge in [0.25, 0.3) is 5.91 Å². The predicted molar refractivity (Wildman–Crippen MR) is 125 cm³/mol. The minimum Gasteiger partial charge on any atom is -0.267 e. The normalized spacial score (nSPS) is 11.7. The third kappa shape index (κ3) is 4.02. The Balaban J connectivity index is 1.73. The van der Waals surface area contributed by atoms with E-state index in [1.807, 2.05) is 55.5 Å². The van der Waals surface area contributed by atoms with E-state index in [0.717, 1.165) is 32.7 Å². The molecule has 2 heterocycles. The van der Waals surface area contributed by atoms with Gasteiger partial charge in [-0.05, 0) is 69.2 Å². The highest BCUT2D eigenvalue weighted by molar-refractivity contribution is 7.14. The van der Waals surface area contributed by atoms with E-state index in [4.69, 9.17) is 4.98 Å². The first-order chi connectivity index (χ1) is 14.4. The maximum absolute atomic E-state index is 13.1. The first-order valence-corrected chi connectivity index (χ1v) is 10.6. The molecule has 2 aromatic heterocycles. The average molecular weight is 414 g/mol. The van der Waals surface area contributed by atoms with Gasteiger partial charge in [0.1, 0.15) is 0 Å². The largest absolute Gasteiger partial charge is 0.272 e. The number of hydrazone groups is 1. The summed E-state index contributed by atoms with van der Waals surface area (Å²) in [5.74, 6) is -0.244. The molecule has 0 fully saturated rings. The Morgan fingerprint density at radius 1 is 0.967 bits per heavy atom. The molecule has 150 valence electrons. The highest BCUT2D eigenvalue weighted by atomic mass is 32.1. The molecule has 2 aromatic carbocycles. The molecule has 1 N–H and O–H groups in total. The van der Waals surface area contributed by atoms with Gasteiger partial charge in [0.15, 0.2) is 0 Å². The van der Waals surface area contributed by atoms with Gasteiger partial charge in [-0.3, -0.25) is 4.79 Å². The summed E-state index contributed by atoms with van der Waals surface area (Å²) in [6.45, 7) is 8.12. The number of benzene rings is 2. The summed E-state index contributed by atoms with van der Waals surface area (Å²) in [4.78, 5) is 20.1. The van der Waals surface area contributed by atoms with Gasteiger partial charge in [-0.15, -0.1) is 11.3 Å². The lowest BCUT2D eigenvalue weighted by Gasteiger charge is -2.10. The number of para-hydroxylation sites is 1. The summed E-state index contributed by atoms with van der Waals surface area (Å²) in [6.07, 6.45) is 0. The topological polar surface area (TPSA) is 54.4 Å². The lowest BCUT2D eigenvalue weighted by atomic mass is 10.0. The van der Waals surface area contributed by atoms with Crippen LogP contribution < -0.4 is 5.43 Å². The Bertz CT molecular complexity index is 1290. The lowest BCUT2D eigenvalue weighted by molar-refractivity contribution is 0.0956. The predicted octanol–water partition coefficient (Wildman–Crippen LogP) is 6.04. The van der Waals surface area contributed by atoms with Crippen LogP contribution in [-0.2, 0) is 0 Å². The monoisotopic (exact) mass is 413 g/mol. The molecule has 4 aromatic rings. The molecular formula is C25H23N3OS. The van der Waals surface area contributed by atoms with Crippen molar-refractivity contribution in [3.8, 4) is 11.3 Å². The van der Waals surface area contributed by atoms with Crippen molar-refractivity contribution in [2.75, 3.05) is 0 Å². The van der Waals surface area contributed by atoms with Crippen molar-refractivity contribution in [2.24, 2.45) is 5.10 Å². The molecular weight excluding hydrogens is 390 g/mol. The van der Waals surface area contributed by atoms with Gasteiger partial charge in [-0.1, -0.05) is 30.3 Å². The first-order valence-electron chi connectivity index (χ1n) is 9.81. The third-order valence-electron chi connectivity index (χ3n) is 5.19. The first kappa shape index (κ1) is 20.0. The number of carbonyl (C=O) groups is 1. The zero-order chi connectivity index (χ0) is 21.3. The highest BCUT2D eigenvalue weighted by Crippen LogP contribution is 2.26. The van der Waals surface area contributed by atoms with Crippen molar-refractivity contribution in [1.29, 1.82) is 0 Å². The maximum atomic E-state index is 13.1. The van der Waals surface area contributed by atoms with Crippen molar-refractivity contribution in [3.05, 3.63) is 87.1 Å². The fourth-order valence-electron chi connectivity index (χ4n) is 3.29. The Kier molecular flexibility index (Phi) is 5.46. The Hall–Kier alpha value is -3.31. The number of rotatable bonds is 4. The number of amides is 1. The van der Waals surface area contributed by atoms with Crippen LogP contribution in [0.1, 0.15) is 38.2 Å². The fourth-order valence-corrected chi connectivity index (χ4v) is 4.10. The number of aromatic nitrogens is 1. The van der Waals surface area contributed by atoms with Crippen LogP contribution in [0.2, 0.25) is 0 Å². The quantitative estimate of drug-likeness (QED) is 0.327. The molecule has 5 heteroatoms. The number of hydrogen-bond acceptors (Lipinski definition) is 4. The van der Waals surface area contributed by atoms with E-state index in [1.54, 1.807) is 11.3 Å². The molecule has 0 bridgehead atoms. The SMILES string of the molecule is C/C(=N\NC(=O)c1cc(-c2ccc(C)c(C)c2)nc2ccccc12)c1ccc(C)s1. The molecule has 0 radical (unpaired) electrons. The van der Waals surface area contributed by atoms with Crippen molar-refractivity contribution in [2.45, 2.75) is 27.7 Å². The second-order valence-corrected chi connectivity index (χ2v) is 8.71. The molecule has 4 rings (SSSR count). The zero-order valence-corrected chi connectivity index (χ0v) is 18.3. The summed E-state index contributed by atoms with van der Waals surface area (Å²) in [5, 5.41) is 5.13. The molecule has 4 nitrogen and oxygen atoms in total. The second kappa shape index (κ2) is 8.20. The van der Waals surface area contributed by atoms with Gasteiger partial charge in [0.2, 0.25) is 0 Å². The van der Waals surface area contributed by atoms with E-state index in [9.17, 15) is 4.79 Å². The lowest BCUT2D eigenvalue weighted by Crippen LogP contribution is -2.19. The van der Waals surface area contributed by atoms with Crippen LogP contribution in [0.15, 0.2) is 65.8 Å². The van der Waals surface area contributed by atoms with E-state index in [2.05, 4.69) is 43.4 Å². The molecule has 1 amide bonds. The maximum Gasteiger partial charge on any atom is 0.272 e. The van der Waals surface area contributed by atoms with Crippen molar-refractivity contribution < 1.29 is 4.79 Å². The fraction of sp³-hybridized carbons (Fsp3) is 0.160. The summed E-state index contributed by atoms with van der Waals surface area (Å²) >= 11 is 1.66. The molecule has 0 atom stereocenters. The average Bonchev–Trinajstić information content (AvgIpc) is 3.19. The van der Waals surface area contributed by atoms with E-state index >= 15 is 0 Å². The van der Waals surface area contributed by atoms with Crippen LogP contribution in [0.3, 0.4) is 0 Å². The molecule has 0 aliphatic heterocycles. The zero-order valence-electron chi connectivity index (χ0n) is 17.5. The van der Waals surface area contributed by atoms with Crippen LogP contribution in [0.4, 0.5) is 0 Å². The van der Waals surface area contributed by atoms with E-state index in [1.165, 1.54) is 16.0 Å². The third-order valence-corrected chi connectivity index (χ3v) is 6.30. The molecule has 0 aliphatic rings. The van der Waals surface area contributed by atoms with Crippen LogP contribution in [0.5, 0.6) is 0 Å². The number of nitrogens with zero attached hydrogens (tertiary/aromatic N) is 2. The van der Waals surface area contributed by atoms with Crippen molar-refractivity contribution in [1.82, 2.24) is 10.4 Å². The van der Waals surface area contributed by atoms with Crippen LogP contribution in [0.25, 0.3) is 22.2 Å². The molecule has 0 saturated carbocycles. The van der Waals surface area contributed by atoms with Gasteiger partial charge in [0, 0.05) is 15.8 Å². The highest BCUT2D eigenvalue weighted by Gasteiger charge is 2.14. The Labute approximate surface area is 180 Å². The number of nitrogens with one attached hydrogen (secondary N) is 1. The van der Waals surface area contributed by atoms with Crippen molar-refractivity contribution in [3.63, 3.8) is 0 Å². The summed E-state index contributed by atoms with van der Waals surface area (Å²) < 4.78 is 0. The van der Waals surface area contributed by atoms with Crippen molar-refractivity contribution >= 4 is 33.9 Å². The number of hydrogen-bond donors (Lipinski definition) is 1. The minimum absolute atomic E-state index is 0.244. The van der Waals surface area contributed by atoms with Gasteiger partial charge in [-0.25, -0.2) is 10.4 Å². The molecule has 30 heavy (non-hydrogen) atoms. The molecule has 0 aliphatic carbocycles. The number of carbonyl (C=O) groups excluding carboxylic acids is 1. The molecule has 0 saturated heterocycles. The van der Waals surface area contributed by atoms with Crippen LogP contribution in [0, 0.1) is 20.8 Å². The van der Waals surface area contributed by atoms with Crippen LogP contribution in [-0.4, -0.2) is 16.6 Å². The van der Waals surface area contributed by atoms with E-state index in [0.29, 0.717) is 5.56 Å². The minimum atomic E-state index is -0.244. The van der Waals surface area contributed by atoms with Gasteiger partial charge in [0.05, 0.1) is 27.4 Å². The number of aryl methyl sites for hydroxylation is 3. The Morgan fingerprint density at radius 2 is 1.77 bits per heavy atom. The summed E-state index contributed by atoms with van der Waals surface area (Å²) in [7, 11) is 0. The van der Waals surface area contributed by atoms with Gasteiger partial charge < -0.3 is 0 Å². The standard InChI is InChI=1S/C25H23N3OS/c1-15-9-11-19(13-16(15)2)23-14-21(20-7-5-6-8-22(20)26-23)25(29)28-27-18(4)24-12-10-17(3)30-24/h5-14H,1-4H3,(H,28,29)/b27-18+. The van der Waals surface area contributed by atoms with E-state index < -0.39 is 0 Å². The number of thiophene rings is 1. The van der Waals surface area contributed by atoms with Gasteiger partial charge in [-0.2, -0.15) is 5.10 Å². The number of pyridine rings is 1. The summed E-state index contributed by atoms with van der Waals surface area (Å²) in [6, 6.07) is 19.8. The second-order valence-electron chi connectivity index (χ2n) is 7.42. The van der Waals surface area contributed by atoms with E-state index in [-0.39, 0.29) is 5.91 Å². The molecule has 0 spiro atoms. The van der Waals surface area contributed by atoms with Crippen LogP contribution >= 0.6 is 11.3 Å². The summed E-state index contributed by atoms with van der Waals surface area (Å²) in [5.41, 5.74) is 9.05. The Morgan fingerprint density at radius 3 is 2.50 bits per heavy atom. The smallest absolute Gasteiger partial charge is 0.267 e. The number of fused-ring (bicyclic) bond motifs is 1. The molecule has 0 unspecified atom stereocenters.